The number of carbonyl (C=O) groups is 3. The van der Waals surface area contributed by atoms with Crippen LogP contribution in [-0.4, -0.2) is 130 Å². The van der Waals surface area contributed by atoms with Crippen LogP contribution in [0.4, 0.5) is 0 Å². The largest absolute Gasteiger partial charge is 0.388 e. The molecule has 4 saturated heterocycles. The molecule has 15 nitrogen and oxygen atoms in total. The third-order valence-electron chi connectivity index (χ3n) is 9.63. The minimum absolute atomic E-state index is 0.114. The Morgan fingerprint density at radius 2 is 1.70 bits per heavy atom. The molecule has 3 amide bonds. The van der Waals surface area contributed by atoms with Gasteiger partial charge in [-0.3, -0.25) is 19.3 Å². The summed E-state index contributed by atoms with van der Waals surface area (Å²) in [4.78, 5) is 45.0. The third kappa shape index (κ3) is 6.92. The molecule has 256 valence electrons. The molecule has 0 unspecified atom stereocenters. The number of fused-ring (bicyclic) bond motifs is 5. The van der Waals surface area contributed by atoms with Gasteiger partial charge in [-0.25, -0.2) is 13.1 Å². The number of aliphatic hydroxyl groups excluding tert-OH is 2. The number of rotatable bonds is 4. The van der Waals surface area contributed by atoms with E-state index in [4.69, 9.17) is 4.74 Å². The molecule has 47 heavy (non-hydrogen) atoms. The molecule has 0 radical (unpaired) electrons. The zero-order valence-corrected chi connectivity index (χ0v) is 27.8. The fourth-order valence-corrected chi connectivity index (χ4v) is 7.59. The van der Waals surface area contributed by atoms with Crippen molar-refractivity contribution in [3.8, 4) is 0 Å². The summed E-state index contributed by atoms with van der Waals surface area (Å²) in [5.74, 6) is -1.08. The number of aliphatic hydroxyl groups is 2. The minimum atomic E-state index is -3.39. The highest BCUT2D eigenvalue weighted by molar-refractivity contribution is 7.90. The SMILES string of the molecule is CC(C)(C)c1cn([C@H]2C[C@H]3C(=O)NC[C@H]4O[C@@H](CC(=O)N[C@@H]5C[C@@H](C(=O)N3C2)N(Cc2ccc(S(C)(=O)=O)cc2)C5)[C@H](O)[C@@H]4O)nn1. The first kappa shape index (κ1) is 33.5. The van der Waals surface area contributed by atoms with Crippen LogP contribution < -0.4 is 10.6 Å². The smallest absolute Gasteiger partial charge is 0.242 e. The topological polar surface area (TPSA) is 196 Å². The number of sulfone groups is 1. The third-order valence-corrected chi connectivity index (χ3v) is 10.8. The first-order chi connectivity index (χ1) is 22.1. The highest BCUT2D eigenvalue weighted by Gasteiger charge is 2.49. The van der Waals surface area contributed by atoms with Crippen molar-refractivity contribution in [3.05, 3.63) is 41.7 Å². The van der Waals surface area contributed by atoms with Crippen molar-refractivity contribution in [2.75, 3.05) is 25.9 Å². The summed E-state index contributed by atoms with van der Waals surface area (Å²) in [7, 11) is -3.39. The number of amides is 3. The molecule has 4 fully saturated rings. The lowest BCUT2D eigenvalue weighted by Gasteiger charge is -2.31. The summed E-state index contributed by atoms with van der Waals surface area (Å²) in [6, 6.07) is 4.17. The Morgan fingerprint density at radius 1 is 1.00 bits per heavy atom. The van der Waals surface area contributed by atoms with Crippen LogP contribution in [0, 0.1) is 0 Å². The Balaban J connectivity index is 1.31. The zero-order valence-electron chi connectivity index (χ0n) is 26.9. The molecular weight excluding hydrogens is 630 g/mol. The summed E-state index contributed by atoms with van der Waals surface area (Å²) < 4.78 is 31.5. The Kier molecular flexibility index (Phi) is 8.93. The first-order valence-electron chi connectivity index (χ1n) is 15.9. The van der Waals surface area contributed by atoms with Gasteiger partial charge in [-0.15, -0.1) is 5.10 Å². The van der Waals surface area contributed by atoms with E-state index < -0.39 is 64.2 Å². The molecule has 0 saturated carbocycles. The maximum absolute atomic E-state index is 14.5. The predicted molar refractivity (Wildman–Crippen MR) is 166 cm³/mol. The molecule has 4 N–H and O–H groups in total. The summed E-state index contributed by atoms with van der Waals surface area (Å²) in [6.45, 7) is 6.79. The van der Waals surface area contributed by atoms with Gasteiger partial charge in [0.15, 0.2) is 9.84 Å². The number of ether oxygens (including phenoxy) is 1. The van der Waals surface area contributed by atoms with Crippen molar-refractivity contribution in [2.45, 2.75) is 105 Å². The van der Waals surface area contributed by atoms with Gasteiger partial charge in [-0.1, -0.05) is 38.1 Å². The van der Waals surface area contributed by atoms with Gasteiger partial charge in [0, 0.05) is 56.5 Å². The fraction of sp³-hybridized carbons (Fsp3) is 0.645. The van der Waals surface area contributed by atoms with E-state index in [1.165, 1.54) is 12.1 Å². The summed E-state index contributed by atoms with van der Waals surface area (Å²) >= 11 is 0. The van der Waals surface area contributed by atoms with Gasteiger partial charge in [-0.05, 0) is 24.1 Å². The molecule has 5 heterocycles. The van der Waals surface area contributed by atoms with Crippen molar-refractivity contribution in [2.24, 2.45) is 0 Å². The Morgan fingerprint density at radius 3 is 2.36 bits per heavy atom. The van der Waals surface area contributed by atoms with Gasteiger partial charge >= 0.3 is 0 Å². The number of carbonyl (C=O) groups excluding carboxylic acids is 3. The van der Waals surface area contributed by atoms with Crippen LogP contribution in [0.2, 0.25) is 0 Å². The van der Waals surface area contributed by atoms with E-state index in [-0.39, 0.29) is 54.6 Å². The summed E-state index contributed by atoms with van der Waals surface area (Å²) in [5.41, 5.74) is 1.31. The van der Waals surface area contributed by atoms with Crippen molar-refractivity contribution < 1.29 is 37.8 Å². The van der Waals surface area contributed by atoms with Crippen LogP contribution in [-0.2, 0) is 40.9 Å². The normalized spacial score (nSPS) is 32.5. The van der Waals surface area contributed by atoms with E-state index in [2.05, 4.69) is 20.9 Å². The molecule has 0 aliphatic carbocycles. The lowest BCUT2D eigenvalue weighted by Crippen LogP contribution is -2.53. The van der Waals surface area contributed by atoms with E-state index in [0.29, 0.717) is 13.1 Å². The summed E-state index contributed by atoms with van der Waals surface area (Å²) in [5, 5.41) is 35.7. The van der Waals surface area contributed by atoms with E-state index in [9.17, 15) is 33.0 Å². The standard InChI is InChI=1S/C31H43N7O8S/c1-31(2,3)25-16-38(35-34-25)19-10-21-29(42)32-12-24-28(41)27(40)23(46-24)11-26(39)33-18-9-22(30(43)37(21)15-19)36(14-18)13-17-5-7-20(8-6-17)47(4,44)45/h5-8,16,18-19,21-24,27-28,40-41H,9-15H2,1-4H3,(H,32,42)(H,33,39)/t18-,19+,21+,22+,23+,24-,27+,28-/m1/s1. The Hall–Kier alpha value is -3.44. The van der Waals surface area contributed by atoms with Crippen LogP contribution in [0.5, 0.6) is 0 Å². The molecular formula is C31H43N7O8S. The highest BCUT2D eigenvalue weighted by atomic mass is 32.2. The second kappa shape index (κ2) is 12.5. The van der Waals surface area contributed by atoms with Crippen LogP contribution in [0.3, 0.4) is 0 Å². The van der Waals surface area contributed by atoms with Gasteiger partial charge in [0.05, 0.1) is 35.2 Å². The molecule has 6 rings (SSSR count). The van der Waals surface area contributed by atoms with E-state index in [1.807, 2.05) is 31.9 Å². The van der Waals surface area contributed by atoms with Crippen molar-refractivity contribution >= 4 is 27.6 Å². The Labute approximate surface area is 273 Å². The van der Waals surface area contributed by atoms with E-state index in [1.54, 1.807) is 21.7 Å². The highest BCUT2D eigenvalue weighted by Crippen LogP contribution is 2.33. The van der Waals surface area contributed by atoms with Crippen molar-refractivity contribution in [3.63, 3.8) is 0 Å². The second-order valence-electron chi connectivity index (χ2n) is 14.2. The van der Waals surface area contributed by atoms with Crippen LogP contribution in [0.25, 0.3) is 0 Å². The second-order valence-corrected chi connectivity index (χ2v) is 16.3. The summed E-state index contributed by atoms with van der Waals surface area (Å²) in [6.07, 6.45) is -1.16. The van der Waals surface area contributed by atoms with E-state index in [0.717, 1.165) is 17.5 Å². The van der Waals surface area contributed by atoms with Gasteiger partial charge in [0.2, 0.25) is 17.7 Å². The number of nitrogens with one attached hydrogen (secondary N) is 2. The lowest BCUT2D eigenvalue weighted by atomic mass is 9.93. The fourth-order valence-electron chi connectivity index (χ4n) is 6.96. The lowest BCUT2D eigenvalue weighted by molar-refractivity contribution is -0.142. The van der Waals surface area contributed by atoms with Gasteiger partial charge in [0.25, 0.3) is 0 Å². The van der Waals surface area contributed by atoms with Gasteiger partial charge in [0.1, 0.15) is 24.4 Å². The number of hydrogen-bond acceptors (Lipinski definition) is 11. The maximum atomic E-state index is 14.5. The zero-order chi connectivity index (χ0) is 33.8. The minimum Gasteiger partial charge on any atom is -0.388 e. The molecule has 16 heteroatoms. The van der Waals surface area contributed by atoms with Crippen LogP contribution in [0.1, 0.15) is 57.3 Å². The molecule has 4 aliphatic heterocycles. The number of nitrogens with zero attached hydrogens (tertiary/aromatic N) is 5. The number of benzene rings is 1. The molecule has 4 aliphatic rings. The molecule has 1 aromatic carbocycles. The Bertz CT molecular complexity index is 1620. The quantitative estimate of drug-likeness (QED) is 0.307. The van der Waals surface area contributed by atoms with E-state index >= 15 is 0 Å². The molecule has 4 bridgehead atoms. The monoisotopic (exact) mass is 673 g/mol. The van der Waals surface area contributed by atoms with Crippen LogP contribution in [0.15, 0.2) is 35.4 Å². The predicted octanol–water partition coefficient (Wildman–Crippen LogP) is -1.11. The molecule has 8 atom stereocenters. The molecule has 2 aromatic rings. The number of likely N-dealkylation sites (tertiary alicyclic amines) is 1. The first-order valence-corrected chi connectivity index (χ1v) is 17.8. The van der Waals surface area contributed by atoms with Gasteiger partial charge < -0.3 is 30.5 Å². The molecule has 1 aromatic heterocycles. The van der Waals surface area contributed by atoms with Crippen molar-refractivity contribution in [1.82, 2.24) is 35.4 Å². The number of aromatic nitrogens is 3. The number of hydrogen-bond donors (Lipinski definition) is 4. The maximum Gasteiger partial charge on any atom is 0.242 e. The van der Waals surface area contributed by atoms with Gasteiger partial charge in [-0.2, -0.15) is 0 Å². The average molecular weight is 674 g/mol. The average Bonchev–Trinajstić information content (AvgIpc) is 3.78. The van der Waals surface area contributed by atoms with Crippen LogP contribution >= 0.6 is 0 Å². The molecule has 0 spiro atoms. The van der Waals surface area contributed by atoms with Crippen molar-refractivity contribution in [1.29, 1.82) is 0 Å².